The molecular weight excluding hydrogens is 426 g/mol. The topological polar surface area (TPSA) is 85.4 Å². The predicted octanol–water partition coefficient (Wildman–Crippen LogP) is 3.63. The van der Waals surface area contributed by atoms with Crippen molar-refractivity contribution in [2.75, 3.05) is 13.1 Å². The molecule has 0 unspecified atom stereocenters. The number of amides is 2. The maximum atomic E-state index is 13.4. The Hall–Kier alpha value is -2.83. The van der Waals surface area contributed by atoms with E-state index in [4.69, 9.17) is 11.6 Å². The van der Waals surface area contributed by atoms with Crippen molar-refractivity contribution in [2.45, 2.75) is 43.7 Å². The largest absolute Gasteiger partial charge is 0.393 e. The number of nitrogens with zero attached hydrogens (tertiary/aromatic N) is 1. The Morgan fingerprint density at radius 2 is 1.88 bits per heavy atom. The van der Waals surface area contributed by atoms with Crippen LogP contribution < -0.4 is 5.32 Å². The highest BCUT2D eigenvalue weighted by Crippen LogP contribution is 2.34. The van der Waals surface area contributed by atoms with Gasteiger partial charge in [-0.1, -0.05) is 35.9 Å². The Bertz CT molecular complexity index is 1170. The Labute approximate surface area is 191 Å². The minimum atomic E-state index is -0.323. The lowest BCUT2D eigenvalue weighted by molar-refractivity contribution is -0.135. The average molecular weight is 452 g/mol. The second-order valence-electron chi connectivity index (χ2n) is 8.83. The minimum absolute atomic E-state index is 0.0866. The number of aromatic nitrogens is 1. The van der Waals surface area contributed by atoms with Crippen LogP contribution in [-0.2, 0) is 11.2 Å². The third kappa shape index (κ3) is 4.12. The Kier molecular flexibility index (Phi) is 5.66. The number of rotatable bonds is 3. The van der Waals surface area contributed by atoms with E-state index in [1.165, 1.54) is 0 Å². The van der Waals surface area contributed by atoms with Gasteiger partial charge in [-0.05, 0) is 61.1 Å². The SMILES string of the molecule is O=C(N[C@H]1Cc2ccccc2[C@H](C(=O)N2CCC(O)CC2)C1)c1cc2cc(Cl)ccc2[nH]1. The number of hydrogen-bond acceptors (Lipinski definition) is 3. The average Bonchev–Trinajstić information content (AvgIpc) is 3.22. The van der Waals surface area contributed by atoms with Gasteiger partial charge in [0.25, 0.3) is 5.91 Å². The number of fused-ring (bicyclic) bond motifs is 2. The van der Waals surface area contributed by atoms with Crippen LogP contribution in [0.1, 0.15) is 46.8 Å². The van der Waals surface area contributed by atoms with Crippen LogP contribution >= 0.6 is 11.6 Å². The van der Waals surface area contributed by atoms with Gasteiger partial charge in [0.2, 0.25) is 5.91 Å². The monoisotopic (exact) mass is 451 g/mol. The van der Waals surface area contributed by atoms with E-state index in [0.717, 1.165) is 22.0 Å². The molecule has 1 saturated heterocycles. The normalized spacial score (nSPS) is 21.4. The summed E-state index contributed by atoms with van der Waals surface area (Å²) in [6.45, 7) is 1.15. The molecule has 2 aromatic carbocycles. The van der Waals surface area contributed by atoms with Crippen molar-refractivity contribution < 1.29 is 14.7 Å². The van der Waals surface area contributed by atoms with Crippen LogP contribution in [-0.4, -0.2) is 52.0 Å². The van der Waals surface area contributed by atoms with Gasteiger partial charge in [-0.3, -0.25) is 9.59 Å². The number of H-pyrrole nitrogens is 1. The molecule has 3 aromatic rings. The van der Waals surface area contributed by atoms with Crippen LogP contribution in [0.2, 0.25) is 5.02 Å². The molecule has 1 aliphatic carbocycles. The number of hydrogen-bond donors (Lipinski definition) is 3. The molecule has 2 aliphatic rings. The number of halogens is 1. The number of benzene rings is 2. The molecule has 6 nitrogen and oxygen atoms in total. The van der Waals surface area contributed by atoms with Gasteiger partial charge in [0.1, 0.15) is 5.69 Å². The molecule has 1 fully saturated rings. The number of aliphatic hydroxyl groups is 1. The van der Waals surface area contributed by atoms with Crippen LogP contribution in [0.4, 0.5) is 0 Å². The quantitative estimate of drug-likeness (QED) is 0.568. The van der Waals surface area contributed by atoms with E-state index in [9.17, 15) is 14.7 Å². The molecule has 0 spiro atoms. The zero-order valence-electron chi connectivity index (χ0n) is 17.7. The highest BCUT2D eigenvalue weighted by atomic mass is 35.5. The summed E-state index contributed by atoms with van der Waals surface area (Å²) < 4.78 is 0. The molecule has 3 N–H and O–H groups in total. The predicted molar refractivity (Wildman–Crippen MR) is 124 cm³/mol. The fraction of sp³-hybridized carbons (Fsp3) is 0.360. The molecule has 0 bridgehead atoms. The first kappa shape index (κ1) is 21.0. The van der Waals surface area contributed by atoms with Crippen molar-refractivity contribution in [3.05, 3.63) is 70.4 Å². The first-order chi connectivity index (χ1) is 15.5. The van der Waals surface area contributed by atoms with Gasteiger partial charge in [0, 0.05) is 35.1 Å². The third-order valence-electron chi connectivity index (χ3n) is 6.65. The van der Waals surface area contributed by atoms with Crippen molar-refractivity contribution in [3.63, 3.8) is 0 Å². The fourth-order valence-corrected chi connectivity index (χ4v) is 5.14. The summed E-state index contributed by atoms with van der Waals surface area (Å²) in [6, 6.07) is 15.1. The van der Waals surface area contributed by atoms with Crippen LogP contribution in [0.5, 0.6) is 0 Å². The van der Waals surface area contributed by atoms with Crippen LogP contribution in [0, 0.1) is 0 Å². The number of piperidine rings is 1. The van der Waals surface area contributed by atoms with Crippen molar-refractivity contribution >= 4 is 34.3 Å². The second-order valence-corrected chi connectivity index (χ2v) is 9.27. The second kappa shape index (κ2) is 8.60. The number of aromatic amines is 1. The molecule has 2 amide bonds. The van der Waals surface area contributed by atoms with Crippen molar-refractivity contribution in [1.29, 1.82) is 0 Å². The summed E-state index contributed by atoms with van der Waals surface area (Å²) >= 11 is 6.06. The van der Waals surface area contributed by atoms with Gasteiger partial charge in [-0.25, -0.2) is 0 Å². The number of aliphatic hydroxyl groups excluding tert-OH is 1. The third-order valence-corrected chi connectivity index (χ3v) is 6.89. The van der Waals surface area contributed by atoms with Crippen molar-refractivity contribution in [1.82, 2.24) is 15.2 Å². The molecule has 2 heterocycles. The molecule has 1 aromatic heterocycles. The zero-order chi connectivity index (χ0) is 22.2. The number of carbonyl (C=O) groups excluding carboxylic acids is 2. The maximum Gasteiger partial charge on any atom is 0.267 e. The van der Waals surface area contributed by atoms with E-state index >= 15 is 0 Å². The van der Waals surface area contributed by atoms with Gasteiger partial charge in [0.15, 0.2) is 0 Å². The van der Waals surface area contributed by atoms with E-state index in [2.05, 4.69) is 10.3 Å². The highest BCUT2D eigenvalue weighted by molar-refractivity contribution is 6.31. The molecule has 166 valence electrons. The summed E-state index contributed by atoms with van der Waals surface area (Å²) in [5.41, 5.74) is 3.49. The Balaban J connectivity index is 1.35. The summed E-state index contributed by atoms with van der Waals surface area (Å²) in [5, 5.41) is 14.4. The molecule has 0 saturated carbocycles. The minimum Gasteiger partial charge on any atom is -0.393 e. The maximum absolute atomic E-state index is 13.4. The van der Waals surface area contributed by atoms with Crippen molar-refractivity contribution in [2.24, 2.45) is 0 Å². The van der Waals surface area contributed by atoms with E-state index in [1.807, 2.05) is 41.3 Å². The zero-order valence-corrected chi connectivity index (χ0v) is 18.4. The van der Waals surface area contributed by atoms with Crippen LogP contribution in [0.15, 0.2) is 48.5 Å². The van der Waals surface area contributed by atoms with Gasteiger partial charge >= 0.3 is 0 Å². The van der Waals surface area contributed by atoms with E-state index < -0.39 is 0 Å². The van der Waals surface area contributed by atoms with E-state index in [0.29, 0.717) is 49.5 Å². The standard InChI is InChI=1S/C25H26ClN3O3/c26-17-5-6-22-16(11-17)13-23(28-22)24(31)27-18-12-15-3-1-2-4-20(15)21(14-18)25(32)29-9-7-19(30)8-10-29/h1-6,11,13,18-19,21,28,30H,7-10,12,14H2,(H,27,31)/t18-,21+/m0/s1. The first-order valence-electron chi connectivity index (χ1n) is 11.1. The van der Waals surface area contributed by atoms with Gasteiger partial charge < -0.3 is 20.3 Å². The Morgan fingerprint density at radius 3 is 2.69 bits per heavy atom. The summed E-state index contributed by atoms with van der Waals surface area (Å²) in [5.74, 6) is -0.389. The fourth-order valence-electron chi connectivity index (χ4n) is 4.96. The number of likely N-dealkylation sites (tertiary alicyclic amines) is 1. The van der Waals surface area contributed by atoms with Crippen LogP contribution in [0.25, 0.3) is 10.9 Å². The summed E-state index contributed by atoms with van der Waals surface area (Å²) in [6.07, 6.45) is 2.16. The number of nitrogens with one attached hydrogen (secondary N) is 2. The molecule has 32 heavy (non-hydrogen) atoms. The lowest BCUT2D eigenvalue weighted by Gasteiger charge is -2.37. The lowest BCUT2D eigenvalue weighted by Crippen LogP contribution is -2.46. The van der Waals surface area contributed by atoms with Crippen LogP contribution in [0.3, 0.4) is 0 Å². The van der Waals surface area contributed by atoms with E-state index in [1.54, 1.807) is 12.1 Å². The Morgan fingerprint density at radius 1 is 1.09 bits per heavy atom. The summed E-state index contributed by atoms with van der Waals surface area (Å²) in [7, 11) is 0. The summed E-state index contributed by atoms with van der Waals surface area (Å²) in [4.78, 5) is 31.4. The van der Waals surface area contributed by atoms with E-state index in [-0.39, 0.29) is 29.9 Å². The molecule has 7 heteroatoms. The molecule has 5 rings (SSSR count). The van der Waals surface area contributed by atoms with Crippen molar-refractivity contribution in [3.8, 4) is 0 Å². The molecule has 1 aliphatic heterocycles. The first-order valence-corrected chi connectivity index (χ1v) is 11.5. The lowest BCUT2D eigenvalue weighted by atomic mass is 9.79. The van der Waals surface area contributed by atoms with Gasteiger partial charge in [-0.2, -0.15) is 0 Å². The number of carbonyl (C=O) groups is 2. The molecule has 0 radical (unpaired) electrons. The smallest absolute Gasteiger partial charge is 0.267 e. The van der Waals surface area contributed by atoms with Gasteiger partial charge in [-0.15, -0.1) is 0 Å². The molecule has 2 atom stereocenters. The van der Waals surface area contributed by atoms with Gasteiger partial charge in [0.05, 0.1) is 12.0 Å². The highest BCUT2D eigenvalue weighted by Gasteiger charge is 2.35. The molecular formula is C25H26ClN3O3.